The smallest absolute Gasteiger partial charge is 0.394 e. The maximum Gasteiger partial charge on any atom is 0.474 e. The Hall–Kier alpha value is 0.0700. The van der Waals surface area contributed by atoms with Gasteiger partial charge < -0.3 is 5.11 Å². The number of hydrogen-bond donors (Lipinski definition) is 1. The van der Waals surface area contributed by atoms with E-state index in [9.17, 15) is 4.57 Å². The largest absolute Gasteiger partial charge is 0.474 e. The molecule has 0 fully saturated rings. The molecule has 218 valence electrons. The number of rotatable bonds is 31. The number of aliphatic hydroxyl groups excluding tert-OH is 1. The van der Waals surface area contributed by atoms with Crippen molar-refractivity contribution >= 4 is 7.82 Å². The molecular weight excluding hydrogens is 471 g/mol. The van der Waals surface area contributed by atoms with Crippen LogP contribution in [-0.2, 0) is 18.1 Å². The summed E-state index contributed by atoms with van der Waals surface area (Å²) >= 11 is 0. The first-order chi connectivity index (χ1) is 17.7. The zero-order chi connectivity index (χ0) is 26.4. The summed E-state index contributed by atoms with van der Waals surface area (Å²) in [4.78, 5) is 0. The summed E-state index contributed by atoms with van der Waals surface area (Å²) in [5.74, 6) is 0. The summed E-state index contributed by atoms with van der Waals surface area (Å²) in [6.45, 7) is 5.10. The van der Waals surface area contributed by atoms with Gasteiger partial charge in [0, 0.05) is 0 Å². The third-order valence-corrected chi connectivity index (χ3v) is 8.33. The molecule has 0 bridgehead atoms. The van der Waals surface area contributed by atoms with Crippen LogP contribution in [0.25, 0.3) is 0 Å². The second-order valence-electron chi connectivity index (χ2n) is 10.4. The molecule has 0 aromatic rings. The molecule has 0 spiro atoms. The Bertz CT molecular complexity index is 427. The molecule has 0 aromatic carbocycles. The fourth-order valence-corrected chi connectivity index (χ4v) is 5.74. The first-order valence-corrected chi connectivity index (χ1v) is 17.3. The van der Waals surface area contributed by atoms with Crippen LogP contribution in [0, 0.1) is 0 Å². The van der Waals surface area contributed by atoms with Crippen LogP contribution in [0.3, 0.4) is 0 Å². The maximum absolute atomic E-state index is 12.8. The monoisotopic (exact) mass is 534 g/mol. The predicted molar refractivity (Wildman–Crippen MR) is 155 cm³/mol. The average Bonchev–Trinajstić information content (AvgIpc) is 2.88. The van der Waals surface area contributed by atoms with Gasteiger partial charge in [-0.15, -0.1) is 0 Å². The van der Waals surface area contributed by atoms with E-state index in [1.807, 2.05) is 0 Å². The van der Waals surface area contributed by atoms with Crippen LogP contribution in [0.2, 0.25) is 0 Å². The Morgan fingerprint density at radius 3 is 0.944 bits per heavy atom. The molecule has 0 radical (unpaired) electrons. The highest BCUT2D eigenvalue weighted by atomic mass is 31.2. The molecule has 5 nitrogen and oxygen atoms in total. The normalized spacial score (nSPS) is 12.0. The molecule has 36 heavy (non-hydrogen) atoms. The number of aliphatic hydroxyl groups is 1. The van der Waals surface area contributed by atoms with Crippen molar-refractivity contribution in [3.63, 3.8) is 0 Å². The van der Waals surface area contributed by atoms with Crippen molar-refractivity contribution in [3.8, 4) is 0 Å². The Morgan fingerprint density at radius 1 is 0.417 bits per heavy atom. The van der Waals surface area contributed by atoms with E-state index < -0.39 is 7.82 Å². The summed E-state index contributed by atoms with van der Waals surface area (Å²) in [6.07, 6.45) is 30.6. The fraction of sp³-hybridized carbons (Fsp3) is 1.00. The van der Waals surface area contributed by atoms with Gasteiger partial charge in [-0.3, -0.25) is 13.6 Å². The van der Waals surface area contributed by atoms with Crippen LogP contribution < -0.4 is 0 Å². The van der Waals surface area contributed by atoms with Crippen molar-refractivity contribution in [2.75, 3.05) is 26.4 Å². The van der Waals surface area contributed by atoms with Gasteiger partial charge in [0.15, 0.2) is 0 Å². The van der Waals surface area contributed by atoms with E-state index in [0.29, 0.717) is 13.2 Å². The van der Waals surface area contributed by atoms with Crippen LogP contribution in [0.1, 0.15) is 168 Å². The zero-order valence-electron chi connectivity index (χ0n) is 24.3. The van der Waals surface area contributed by atoms with Crippen LogP contribution in [0.5, 0.6) is 0 Å². The lowest BCUT2D eigenvalue weighted by Gasteiger charge is -2.17. The van der Waals surface area contributed by atoms with E-state index >= 15 is 0 Å². The maximum atomic E-state index is 12.8. The molecule has 0 aliphatic rings. The van der Waals surface area contributed by atoms with Crippen LogP contribution in [0.4, 0.5) is 0 Å². The van der Waals surface area contributed by atoms with E-state index in [-0.39, 0.29) is 13.2 Å². The van der Waals surface area contributed by atoms with E-state index in [1.54, 1.807) is 0 Å². The summed E-state index contributed by atoms with van der Waals surface area (Å²) in [6, 6.07) is 0. The molecule has 0 aromatic heterocycles. The minimum absolute atomic E-state index is 0.0197. The van der Waals surface area contributed by atoms with Crippen LogP contribution in [0.15, 0.2) is 0 Å². The predicted octanol–water partition coefficient (Wildman–Crippen LogP) is 10.5. The molecule has 0 heterocycles. The van der Waals surface area contributed by atoms with E-state index in [4.69, 9.17) is 18.7 Å². The summed E-state index contributed by atoms with van der Waals surface area (Å²) < 4.78 is 29.1. The Morgan fingerprint density at radius 2 is 0.667 bits per heavy atom. The molecule has 0 saturated carbocycles. The average molecular weight is 535 g/mol. The molecule has 1 N–H and O–H groups in total. The lowest BCUT2D eigenvalue weighted by atomic mass is 10.1. The van der Waals surface area contributed by atoms with Gasteiger partial charge in [-0.1, -0.05) is 155 Å². The molecule has 0 saturated heterocycles. The van der Waals surface area contributed by atoms with Gasteiger partial charge in [0.25, 0.3) is 0 Å². The second kappa shape index (κ2) is 29.6. The van der Waals surface area contributed by atoms with Gasteiger partial charge in [-0.05, 0) is 12.8 Å². The highest BCUT2D eigenvalue weighted by molar-refractivity contribution is 7.48. The van der Waals surface area contributed by atoms with E-state index in [0.717, 1.165) is 25.7 Å². The number of phosphoric ester groups is 1. The van der Waals surface area contributed by atoms with Crippen LogP contribution in [-0.4, -0.2) is 31.5 Å². The summed E-state index contributed by atoms with van der Waals surface area (Å²) in [5.41, 5.74) is 0. The van der Waals surface area contributed by atoms with Crippen molar-refractivity contribution in [1.29, 1.82) is 0 Å². The van der Waals surface area contributed by atoms with Crippen molar-refractivity contribution in [3.05, 3.63) is 0 Å². The molecule has 0 rings (SSSR count). The van der Waals surface area contributed by atoms with Gasteiger partial charge in [-0.2, -0.15) is 0 Å². The molecule has 0 amide bonds. The number of unbranched alkanes of at least 4 members (excludes halogenated alkanes) is 22. The molecule has 0 aliphatic carbocycles. The Balaban J connectivity index is 3.65. The number of hydrogen-bond acceptors (Lipinski definition) is 5. The minimum atomic E-state index is -3.56. The highest BCUT2D eigenvalue weighted by Crippen LogP contribution is 2.49. The van der Waals surface area contributed by atoms with Crippen molar-refractivity contribution < 1.29 is 23.2 Å². The minimum Gasteiger partial charge on any atom is -0.394 e. The third kappa shape index (κ3) is 27.1. The first kappa shape index (κ1) is 36.1. The lowest BCUT2D eigenvalue weighted by Crippen LogP contribution is -2.06. The quantitative estimate of drug-likeness (QED) is 0.0708. The highest BCUT2D eigenvalue weighted by Gasteiger charge is 2.26. The standard InChI is InChI=1S/C30H63O5P/c1-3-5-7-9-11-13-15-17-19-21-23-25-28-33-36(32,35-30-27-31)34-29-26-24-22-20-18-16-14-12-10-8-6-4-2/h31H,3-30H2,1-2H3. The Labute approximate surface area is 225 Å². The molecule has 0 unspecified atom stereocenters. The molecule has 6 heteroatoms. The van der Waals surface area contributed by atoms with Gasteiger partial charge in [-0.25, -0.2) is 4.57 Å². The van der Waals surface area contributed by atoms with Crippen LogP contribution >= 0.6 is 7.82 Å². The lowest BCUT2D eigenvalue weighted by molar-refractivity contribution is 0.0936. The zero-order valence-corrected chi connectivity index (χ0v) is 25.2. The van der Waals surface area contributed by atoms with Gasteiger partial charge in [0.1, 0.15) is 0 Å². The van der Waals surface area contributed by atoms with Gasteiger partial charge in [0.05, 0.1) is 26.4 Å². The van der Waals surface area contributed by atoms with Crippen molar-refractivity contribution in [2.45, 2.75) is 168 Å². The van der Waals surface area contributed by atoms with Crippen molar-refractivity contribution in [2.24, 2.45) is 0 Å². The van der Waals surface area contributed by atoms with E-state index in [2.05, 4.69) is 13.8 Å². The SMILES string of the molecule is CCCCCCCCCCCCCCOP(=O)(OCCO)OCCCCCCCCCCCCCC. The van der Waals surface area contributed by atoms with Gasteiger partial charge >= 0.3 is 7.82 Å². The molecule has 0 aliphatic heterocycles. The number of phosphoric acid groups is 1. The summed E-state index contributed by atoms with van der Waals surface area (Å²) in [7, 11) is -3.56. The molecular formula is C30H63O5P. The van der Waals surface area contributed by atoms with Crippen molar-refractivity contribution in [1.82, 2.24) is 0 Å². The molecule has 0 atom stereocenters. The topological polar surface area (TPSA) is 65.0 Å². The van der Waals surface area contributed by atoms with Gasteiger partial charge in [0.2, 0.25) is 0 Å². The summed E-state index contributed by atoms with van der Waals surface area (Å²) in [5, 5.41) is 9.04. The second-order valence-corrected chi connectivity index (χ2v) is 12.1. The first-order valence-electron chi connectivity index (χ1n) is 15.8. The van der Waals surface area contributed by atoms with E-state index in [1.165, 1.54) is 128 Å². The fourth-order valence-electron chi connectivity index (χ4n) is 4.50. The third-order valence-electron chi connectivity index (χ3n) is 6.84. The Kier molecular flexibility index (Phi) is 29.7.